The number of hydrogen-bond donors (Lipinski definition) is 2. The lowest BCUT2D eigenvalue weighted by Gasteiger charge is -2.37. The molecule has 46 heavy (non-hydrogen) atoms. The van der Waals surface area contributed by atoms with Crippen molar-refractivity contribution in [2.24, 2.45) is 5.92 Å². The molecule has 4 atom stereocenters. The van der Waals surface area contributed by atoms with Crippen molar-refractivity contribution < 1.29 is 28.7 Å². The van der Waals surface area contributed by atoms with E-state index in [1.807, 2.05) is 75.4 Å². The maximum Gasteiger partial charge on any atom is 0.408 e. The van der Waals surface area contributed by atoms with Crippen LogP contribution in [0, 0.1) is 5.92 Å². The standard InChI is InChI=1S/C37H53N3O6/c1-10-24(3)30(39-35(44)46-37(7,8)9)33(42)40(28-21-22-28)31(27-19-17-25(11-2)18-20-27)32(41)38-29(34(43)45-36(4,5)6)23-26-15-13-12-14-16-26/h12-20,24,28-31H,10-11,21-23H2,1-9H3,(H,38,41)(H,39,44). The van der Waals surface area contributed by atoms with E-state index < -0.39 is 47.3 Å². The highest BCUT2D eigenvalue weighted by Crippen LogP contribution is 2.36. The Bertz CT molecular complexity index is 1330. The number of esters is 1. The minimum absolute atomic E-state index is 0.199. The highest BCUT2D eigenvalue weighted by Gasteiger charge is 2.45. The van der Waals surface area contributed by atoms with Crippen LogP contribution in [0.1, 0.15) is 104 Å². The van der Waals surface area contributed by atoms with Gasteiger partial charge >= 0.3 is 12.1 Å². The fourth-order valence-electron chi connectivity index (χ4n) is 5.19. The molecule has 2 N–H and O–H groups in total. The van der Waals surface area contributed by atoms with Crippen LogP contribution in [0.3, 0.4) is 0 Å². The van der Waals surface area contributed by atoms with E-state index in [1.54, 1.807) is 46.4 Å². The zero-order valence-electron chi connectivity index (χ0n) is 29.0. The second kappa shape index (κ2) is 15.6. The van der Waals surface area contributed by atoms with E-state index in [0.717, 1.165) is 30.4 Å². The minimum atomic E-state index is -1.04. The average Bonchev–Trinajstić information content (AvgIpc) is 3.81. The van der Waals surface area contributed by atoms with Crippen molar-refractivity contribution in [2.75, 3.05) is 0 Å². The van der Waals surface area contributed by atoms with Gasteiger partial charge < -0.3 is 25.0 Å². The Morgan fingerprint density at radius 1 is 0.826 bits per heavy atom. The third-order valence-electron chi connectivity index (χ3n) is 7.87. The van der Waals surface area contributed by atoms with Gasteiger partial charge in [0.1, 0.15) is 29.3 Å². The van der Waals surface area contributed by atoms with Gasteiger partial charge in [-0.1, -0.05) is 81.8 Å². The maximum absolute atomic E-state index is 14.6. The van der Waals surface area contributed by atoms with Crippen LogP contribution in [0.4, 0.5) is 4.79 Å². The Hall–Kier alpha value is -3.88. The Morgan fingerprint density at radius 3 is 1.91 bits per heavy atom. The first-order valence-corrected chi connectivity index (χ1v) is 16.5. The monoisotopic (exact) mass is 635 g/mol. The van der Waals surface area contributed by atoms with E-state index in [4.69, 9.17) is 9.47 Å². The van der Waals surface area contributed by atoms with Gasteiger partial charge in [0.25, 0.3) is 0 Å². The van der Waals surface area contributed by atoms with Gasteiger partial charge in [-0.15, -0.1) is 0 Å². The number of ether oxygens (including phenoxy) is 2. The van der Waals surface area contributed by atoms with Crippen LogP contribution in [0.25, 0.3) is 0 Å². The van der Waals surface area contributed by atoms with E-state index in [-0.39, 0.29) is 24.3 Å². The molecule has 4 unspecified atom stereocenters. The van der Waals surface area contributed by atoms with E-state index >= 15 is 0 Å². The molecular weight excluding hydrogens is 582 g/mol. The Morgan fingerprint density at radius 2 is 1.41 bits per heavy atom. The molecule has 3 amide bonds. The lowest BCUT2D eigenvalue weighted by molar-refractivity contribution is -0.159. The van der Waals surface area contributed by atoms with Crippen molar-refractivity contribution in [1.82, 2.24) is 15.5 Å². The Balaban J connectivity index is 2.05. The van der Waals surface area contributed by atoms with Gasteiger partial charge in [0, 0.05) is 12.5 Å². The molecule has 2 aromatic rings. The molecular formula is C37H53N3O6. The molecule has 1 aliphatic carbocycles. The third-order valence-corrected chi connectivity index (χ3v) is 7.87. The summed E-state index contributed by atoms with van der Waals surface area (Å²) in [4.78, 5) is 57.1. The van der Waals surface area contributed by atoms with Gasteiger partial charge in [0.15, 0.2) is 0 Å². The molecule has 0 radical (unpaired) electrons. The SMILES string of the molecule is CCc1ccc(C(C(=O)NC(Cc2ccccc2)C(=O)OC(C)(C)C)N(C(=O)C(NC(=O)OC(C)(C)C)C(C)CC)C2CC2)cc1. The summed E-state index contributed by atoms with van der Waals surface area (Å²) in [6.07, 6.45) is 2.41. The summed E-state index contributed by atoms with van der Waals surface area (Å²) >= 11 is 0. The van der Waals surface area contributed by atoms with Crippen LogP contribution in [0.2, 0.25) is 0 Å². The number of alkyl carbamates (subject to hydrolysis) is 1. The van der Waals surface area contributed by atoms with E-state index in [2.05, 4.69) is 10.6 Å². The number of nitrogens with one attached hydrogen (secondary N) is 2. The molecule has 1 fully saturated rings. The van der Waals surface area contributed by atoms with Crippen LogP contribution in [-0.4, -0.2) is 58.1 Å². The third kappa shape index (κ3) is 10.9. The summed E-state index contributed by atoms with van der Waals surface area (Å²) in [6, 6.07) is 13.9. The first-order chi connectivity index (χ1) is 21.5. The van der Waals surface area contributed by atoms with Gasteiger partial charge in [-0.05, 0) is 83.4 Å². The topological polar surface area (TPSA) is 114 Å². The molecule has 0 aromatic heterocycles. The van der Waals surface area contributed by atoms with E-state index in [9.17, 15) is 19.2 Å². The summed E-state index contributed by atoms with van der Waals surface area (Å²) in [5.41, 5.74) is 1.06. The largest absolute Gasteiger partial charge is 0.458 e. The highest BCUT2D eigenvalue weighted by atomic mass is 16.6. The first kappa shape index (κ1) is 36.6. The summed E-state index contributed by atoms with van der Waals surface area (Å²) in [5, 5.41) is 5.78. The first-order valence-electron chi connectivity index (χ1n) is 16.5. The second-order valence-corrected chi connectivity index (χ2v) is 14.3. The van der Waals surface area contributed by atoms with Gasteiger partial charge in [0.2, 0.25) is 11.8 Å². The number of hydrogen-bond acceptors (Lipinski definition) is 6. The maximum atomic E-state index is 14.6. The number of benzene rings is 2. The van der Waals surface area contributed by atoms with Crippen LogP contribution in [0.15, 0.2) is 54.6 Å². The predicted molar refractivity (Wildman–Crippen MR) is 179 cm³/mol. The summed E-state index contributed by atoms with van der Waals surface area (Å²) in [5.74, 6) is -1.64. The molecule has 0 heterocycles. The minimum Gasteiger partial charge on any atom is -0.458 e. The molecule has 9 nitrogen and oxygen atoms in total. The summed E-state index contributed by atoms with van der Waals surface area (Å²) < 4.78 is 11.2. The van der Waals surface area contributed by atoms with Crippen LogP contribution < -0.4 is 10.6 Å². The van der Waals surface area contributed by atoms with E-state index in [1.165, 1.54) is 0 Å². The van der Waals surface area contributed by atoms with Crippen molar-refractivity contribution in [3.05, 3.63) is 71.3 Å². The van der Waals surface area contributed by atoms with Crippen molar-refractivity contribution in [1.29, 1.82) is 0 Å². The van der Waals surface area contributed by atoms with Gasteiger partial charge in [-0.25, -0.2) is 9.59 Å². The molecule has 1 saturated carbocycles. The quantitative estimate of drug-likeness (QED) is 0.250. The molecule has 1 aliphatic rings. The number of carbonyl (C=O) groups is 4. The van der Waals surface area contributed by atoms with Crippen molar-refractivity contribution in [3.63, 3.8) is 0 Å². The van der Waals surface area contributed by atoms with Crippen LogP contribution in [0.5, 0.6) is 0 Å². The lowest BCUT2D eigenvalue weighted by Crippen LogP contribution is -2.57. The molecule has 2 aromatic carbocycles. The van der Waals surface area contributed by atoms with Crippen molar-refractivity contribution >= 4 is 23.9 Å². The van der Waals surface area contributed by atoms with Crippen LogP contribution in [-0.2, 0) is 36.7 Å². The normalized spacial score (nSPS) is 15.9. The van der Waals surface area contributed by atoms with Crippen molar-refractivity contribution in [2.45, 2.75) is 130 Å². The lowest BCUT2D eigenvalue weighted by atomic mass is 9.95. The highest BCUT2D eigenvalue weighted by molar-refractivity contribution is 5.94. The Labute approximate surface area is 274 Å². The molecule has 0 saturated heterocycles. The second-order valence-electron chi connectivity index (χ2n) is 14.3. The average molecular weight is 636 g/mol. The summed E-state index contributed by atoms with van der Waals surface area (Å²) in [7, 11) is 0. The number of nitrogens with zero attached hydrogens (tertiary/aromatic N) is 1. The fraction of sp³-hybridized carbons (Fsp3) is 0.568. The predicted octanol–water partition coefficient (Wildman–Crippen LogP) is 6.29. The number of amides is 3. The van der Waals surface area contributed by atoms with Gasteiger partial charge in [-0.3, -0.25) is 9.59 Å². The van der Waals surface area contributed by atoms with E-state index in [0.29, 0.717) is 12.0 Å². The smallest absolute Gasteiger partial charge is 0.408 e. The Kier molecular flexibility index (Phi) is 12.4. The number of rotatable bonds is 13. The zero-order chi connectivity index (χ0) is 34.2. The van der Waals surface area contributed by atoms with Crippen LogP contribution >= 0.6 is 0 Å². The molecule has 9 heteroatoms. The molecule has 0 spiro atoms. The molecule has 252 valence electrons. The number of aryl methyl sites for hydroxylation is 1. The van der Waals surface area contributed by atoms with Crippen molar-refractivity contribution in [3.8, 4) is 0 Å². The zero-order valence-corrected chi connectivity index (χ0v) is 29.0. The fourth-order valence-corrected chi connectivity index (χ4v) is 5.19. The van der Waals surface area contributed by atoms with Gasteiger partial charge in [-0.2, -0.15) is 0 Å². The molecule has 3 rings (SSSR count). The number of carbonyl (C=O) groups excluding carboxylic acids is 4. The molecule has 0 aliphatic heterocycles. The van der Waals surface area contributed by atoms with Gasteiger partial charge in [0.05, 0.1) is 0 Å². The molecule has 0 bridgehead atoms. The summed E-state index contributed by atoms with van der Waals surface area (Å²) in [6.45, 7) is 16.5.